The molecule has 2 saturated heterocycles. The van der Waals surface area contributed by atoms with E-state index in [0.29, 0.717) is 12.0 Å². The number of benzene rings is 2. The normalized spacial score (nSPS) is 21.0. The summed E-state index contributed by atoms with van der Waals surface area (Å²) < 4.78 is 25.8. The highest BCUT2D eigenvalue weighted by Crippen LogP contribution is 2.34. The van der Waals surface area contributed by atoms with E-state index in [-0.39, 0.29) is 5.82 Å². The number of ether oxygens (including phenoxy) is 1. The topological polar surface area (TPSA) is 36.8 Å². The Morgan fingerprint density at radius 2 is 1.82 bits per heavy atom. The fourth-order valence-electron chi connectivity index (χ4n) is 4.99. The molecule has 2 aliphatic rings. The summed E-state index contributed by atoms with van der Waals surface area (Å²) in [5, 5.41) is 5.75. The molecule has 3 aromatic rings. The number of fused-ring (bicyclic) bond motifs is 1. The van der Waals surface area contributed by atoms with E-state index in [0.717, 1.165) is 69.1 Å². The minimum absolute atomic E-state index is 0.235. The molecule has 0 bridgehead atoms. The molecule has 2 fully saturated rings. The number of aryl methyl sites for hydroxylation is 1. The summed E-state index contributed by atoms with van der Waals surface area (Å²) in [7, 11) is 0. The fourth-order valence-corrected chi connectivity index (χ4v) is 6.00. The second kappa shape index (κ2) is 10.3. The van der Waals surface area contributed by atoms with Crippen LogP contribution in [0.2, 0.25) is 0 Å². The summed E-state index contributed by atoms with van der Waals surface area (Å²) in [6.45, 7) is 14.6. The molecule has 182 valence electrons. The lowest BCUT2D eigenvalue weighted by atomic mass is 9.96. The van der Waals surface area contributed by atoms with E-state index in [4.69, 9.17) is 4.74 Å². The summed E-state index contributed by atoms with van der Waals surface area (Å²) in [4.78, 5) is 2.65. The third-order valence-corrected chi connectivity index (χ3v) is 7.80. The van der Waals surface area contributed by atoms with Gasteiger partial charge in [0.15, 0.2) is 0 Å². The van der Waals surface area contributed by atoms with Gasteiger partial charge in [0.1, 0.15) is 5.82 Å². The van der Waals surface area contributed by atoms with Crippen molar-refractivity contribution >= 4 is 23.0 Å². The van der Waals surface area contributed by atoms with Crippen molar-refractivity contribution in [1.82, 2.24) is 23.3 Å². The van der Waals surface area contributed by atoms with Crippen LogP contribution in [0.3, 0.4) is 0 Å². The molecular formula is C26H34FN5OS. The molecule has 0 aliphatic carbocycles. The quantitative estimate of drug-likeness (QED) is 0.474. The highest BCUT2D eigenvalue weighted by molar-refractivity contribution is 7.94. The molecule has 0 saturated carbocycles. The number of aromatic nitrogens is 2. The Kier molecular flexibility index (Phi) is 7.22. The summed E-state index contributed by atoms with van der Waals surface area (Å²) in [6.07, 6.45) is 1.93. The number of rotatable bonds is 6. The van der Waals surface area contributed by atoms with E-state index in [1.807, 2.05) is 23.0 Å². The zero-order valence-electron chi connectivity index (χ0n) is 20.3. The zero-order valence-corrected chi connectivity index (χ0v) is 21.1. The largest absolute Gasteiger partial charge is 0.379 e. The lowest BCUT2D eigenvalue weighted by Gasteiger charge is -2.43. The van der Waals surface area contributed by atoms with E-state index in [1.54, 1.807) is 12.1 Å². The van der Waals surface area contributed by atoms with Gasteiger partial charge in [-0.15, -0.1) is 0 Å². The summed E-state index contributed by atoms with van der Waals surface area (Å²) in [5.74, 6) is 0.381. The van der Waals surface area contributed by atoms with Gasteiger partial charge in [0.25, 0.3) is 0 Å². The highest BCUT2D eigenvalue weighted by atomic mass is 32.2. The molecule has 1 unspecified atom stereocenters. The molecule has 3 heterocycles. The molecule has 34 heavy (non-hydrogen) atoms. The van der Waals surface area contributed by atoms with Crippen molar-refractivity contribution in [1.29, 1.82) is 0 Å². The van der Waals surface area contributed by atoms with Crippen molar-refractivity contribution in [3.63, 3.8) is 0 Å². The van der Waals surface area contributed by atoms with Gasteiger partial charge >= 0.3 is 0 Å². The lowest BCUT2D eigenvalue weighted by molar-refractivity contribution is 0.0719. The SMILES string of the molecule is Cc1cc2c(cnn2-c2ccc(F)cc2)cc1C1CN(SN2CCOCC2)CCN1CC(C)C. The monoisotopic (exact) mass is 483 g/mol. The van der Waals surface area contributed by atoms with Crippen molar-refractivity contribution in [3.8, 4) is 5.69 Å². The van der Waals surface area contributed by atoms with Gasteiger partial charge < -0.3 is 4.74 Å². The van der Waals surface area contributed by atoms with E-state index in [9.17, 15) is 4.39 Å². The van der Waals surface area contributed by atoms with E-state index < -0.39 is 0 Å². The Hall–Kier alpha value is -1.97. The van der Waals surface area contributed by atoms with Crippen LogP contribution in [0.25, 0.3) is 16.6 Å². The summed E-state index contributed by atoms with van der Waals surface area (Å²) >= 11 is 1.89. The maximum atomic E-state index is 13.4. The highest BCUT2D eigenvalue weighted by Gasteiger charge is 2.31. The molecule has 2 aliphatic heterocycles. The lowest BCUT2D eigenvalue weighted by Crippen LogP contribution is -2.48. The Morgan fingerprint density at radius 1 is 1.06 bits per heavy atom. The smallest absolute Gasteiger partial charge is 0.123 e. The first-order valence-electron chi connectivity index (χ1n) is 12.2. The van der Waals surface area contributed by atoms with Crippen molar-refractivity contribution in [2.24, 2.45) is 5.92 Å². The van der Waals surface area contributed by atoms with Crippen molar-refractivity contribution < 1.29 is 9.13 Å². The molecule has 1 atom stereocenters. The maximum Gasteiger partial charge on any atom is 0.123 e. The Morgan fingerprint density at radius 3 is 2.56 bits per heavy atom. The van der Waals surface area contributed by atoms with Gasteiger partial charge in [0.05, 0.1) is 30.6 Å². The molecular weight excluding hydrogens is 449 g/mol. The standard InChI is InChI=1S/C26H34FN5OS/c1-19(2)17-29-8-9-31(34-30-10-12-33-13-11-30)18-26(29)24-15-21-16-28-32(25(21)14-20(24)3)23-6-4-22(27)5-7-23/h4-7,14-16,19,26H,8-13,17-18H2,1-3H3. The predicted molar refractivity (Wildman–Crippen MR) is 136 cm³/mol. The number of piperazine rings is 1. The Bertz CT molecular complexity index is 1110. The minimum Gasteiger partial charge on any atom is -0.379 e. The molecule has 0 spiro atoms. The molecule has 0 radical (unpaired) electrons. The van der Waals surface area contributed by atoms with E-state index in [1.165, 1.54) is 23.3 Å². The van der Waals surface area contributed by atoms with Gasteiger partial charge in [-0.05, 0) is 60.4 Å². The second-order valence-electron chi connectivity index (χ2n) is 9.72. The van der Waals surface area contributed by atoms with Crippen LogP contribution in [-0.2, 0) is 4.74 Å². The Balaban J connectivity index is 1.44. The third-order valence-electron chi connectivity index (χ3n) is 6.64. The van der Waals surface area contributed by atoms with Crippen LogP contribution in [0, 0.1) is 18.7 Å². The first-order chi connectivity index (χ1) is 16.5. The molecule has 2 aromatic carbocycles. The zero-order chi connectivity index (χ0) is 23.7. The molecule has 8 heteroatoms. The number of hydrogen-bond donors (Lipinski definition) is 0. The molecule has 5 rings (SSSR count). The van der Waals surface area contributed by atoms with Gasteiger partial charge in [-0.3, -0.25) is 4.90 Å². The molecule has 0 amide bonds. The first-order valence-corrected chi connectivity index (χ1v) is 12.9. The van der Waals surface area contributed by atoms with Crippen LogP contribution in [0.15, 0.2) is 42.6 Å². The first kappa shape index (κ1) is 23.8. The molecule has 0 N–H and O–H groups in total. The Labute approximate surface area is 205 Å². The van der Waals surface area contributed by atoms with Crippen molar-refractivity contribution in [2.75, 3.05) is 52.5 Å². The third kappa shape index (κ3) is 5.16. The predicted octanol–water partition coefficient (Wildman–Crippen LogP) is 4.68. The van der Waals surface area contributed by atoms with E-state index in [2.05, 4.69) is 51.5 Å². The van der Waals surface area contributed by atoms with Gasteiger partial charge in [0.2, 0.25) is 0 Å². The van der Waals surface area contributed by atoms with Crippen LogP contribution < -0.4 is 0 Å². The average Bonchev–Trinajstić information content (AvgIpc) is 3.23. The van der Waals surface area contributed by atoms with E-state index >= 15 is 0 Å². The summed E-state index contributed by atoms with van der Waals surface area (Å²) in [6, 6.07) is 11.4. The van der Waals surface area contributed by atoms with Gasteiger partial charge in [-0.1, -0.05) is 13.8 Å². The van der Waals surface area contributed by atoms with Crippen LogP contribution in [-0.4, -0.2) is 75.8 Å². The molecule has 6 nitrogen and oxygen atoms in total. The maximum absolute atomic E-state index is 13.4. The van der Waals surface area contributed by atoms with Crippen LogP contribution in [0.5, 0.6) is 0 Å². The second-order valence-corrected chi connectivity index (χ2v) is 10.9. The number of nitrogens with zero attached hydrogens (tertiary/aromatic N) is 5. The summed E-state index contributed by atoms with van der Waals surface area (Å²) in [5.41, 5.74) is 4.57. The van der Waals surface area contributed by atoms with Crippen LogP contribution in [0.4, 0.5) is 4.39 Å². The average molecular weight is 484 g/mol. The fraction of sp³-hybridized carbons (Fsp3) is 0.500. The minimum atomic E-state index is -0.235. The van der Waals surface area contributed by atoms with Gasteiger partial charge in [-0.2, -0.15) is 5.10 Å². The number of hydrogen-bond acceptors (Lipinski definition) is 6. The van der Waals surface area contributed by atoms with Crippen LogP contribution in [0.1, 0.15) is 31.0 Å². The van der Waals surface area contributed by atoms with Crippen molar-refractivity contribution in [2.45, 2.75) is 26.8 Å². The van der Waals surface area contributed by atoms with Gasteiger partial charge in [-0.25, -0.2) is 17.7 Å². The number of morpholine rings is 1. The van der Waals surface area contributed by atoms with Gasteiger partial charge in [0, 0.05) is 62.8 Å². The van der Waals surface area contributed by atoms with Crippen LogP contribution >= 0.6 is 12.1 Å². The number of halogens is 1. The van der Waals surface area contributed by atoms with Crippen molar-refractivity contribution in [3.05, 3.63) is 59.5 Å². The molecule has 1 aromatic heterocycles.